The number of hydrogen-bond acceptors (Lipinski definition) is 4. The lowest BCUT2D eigenvalue weighted by molar-refractivity contribution is 0.0527. The second-order valence-electron chi connectivity index (χ2n) is 9.18. The van der Waals surface area contributed by atoms with E-state index in [0.717, 1.165) is 29.8 Å². The van der Waals surface area contributed by atoms with Crippen LogP contribution in [0.4, 0.5) is 5.00 Å². The van der Waals surface area contributed by atoms with Gasteiger partial charge in [0.05, 0.1) is 18.2 Å². The van der Waals surface area contributed by atoms with Gasteiger partial charge in [-0.3, -0.25) is 0 Å². The first-order valence-electron chi connectivity index (χ1n) is 11.2. The molecule has 0 aliphatic heterocycles. The summed E-state index contributed by atoms with van der Waals surface area (Å²) >= 11 is 7.25. The average Bonchev–Trinajstić information content (AvgIpc) is 2.88. The Hall–Kier alpha value is -1.92. The molecule has 0 bridgehead atoms. The first-order valence-corrected chi connectivity index (χ1v) is 12.4. The highest BCUT2D eigenvalue weighted by atomic mass is 32.1. The van der Waals surface area contributed by atoms with Gasteiger partial charge >= 0.3 is 5.97 Å². The van der Waals surface area contributed by atoms with Crippen LogP contribution in [0.1, 0.15) is 91.8 Å². The van der Waals surface area contributed by atoms with Gasteiger partial charge in [-0.1, -0.05) is 51.5 Å². The van der Waals surface area contributed by atoms with Gasteiger partial charge in [-0.15, -0.1) is 11.3 Å². The molecule has 2 aromatic rings. The molecule has 0 amide bonds. The molecule has 0 saturated heterocycles. The van der Waals surface area contributed by atoms with Crippen LogP contribution < -0.4 is 10.6 Å². The van der Waals surface area contributed by atoms with E-state index in [0.29, 0.717) is 17.3 Å². The third kappa shape index (κ3) is 5.86. The van der Waals surface area contributed by atoms with Gasteiger partial charge in [0, 0.05) is 4.88 Å². The predicted octanol–water partition coefficient (Wildman–Crippen LogP) is 6.54. The number of thiophene rings is 1. The summed E-state index contributed by atoms with van der Waals surface area (Å²) < 4.78 is 5.37. The zero-order chi connectivity index (χ0) is 22.6. The highest BCUT2D eigenvalue weighted by molar-refractivity contribution is 7.80. The fraction of sp³-hybridized carbons (Fsp3) is 0.520. The van der Waals surface area contributed by atoms with Crippen molar-refractivity contribution in [1.29, 1.82) is 0 Å². The van der Waals surface area contributed by atoms with Gasteiger partial charge < -0.3 is 15.4 Å². The average molecular weight is 459 g/mol. The van der Waals surface area contributed by atoms with E-state index in [-0.39, 0.29) is 17.4 Å². The molecule has 1 unspecified atom stereocenters. The molecule has 168 valence electrons. The minimum atomic E-state index is -0.252. The van der Waals surface area contributed by atoms with Gasteiger partial charge in [-0.05, 0) is 73.9 Å². The Labute approximate surface area is 195 Å². The molecule has 1 atom stereocenters. The number of carbonyl (C=O) groups excluding carboxylic acids is 1. The second kappa shape index (κ2) is 10.1. The van der Waals surface area contributed by atoms with Crippen LogP contribution in [0.2, 0.25) is 0 Å². The van der Waals surface area contributed by atoms with Gasteiger partial charge in [-0.25, -0.2) is 4.79 Å². The number of thiocarbonyl (C=S) groups is 1. The number of rotatable bonds is 5. The minimum Gasteiger partial charge on any atom is -0.462 e. The molecule has 6 heteroatoms. The number of aryl methyl sites for hydroxylation is 1. The van der Waals surface area contributed by atoms with Crippen LogP contribution in [0.3, 0.4) is 0 Å². The van der Waals surface area contributed by atoms with Crippen LogP contribution in [0.25, 0.3) is 0 Å². The number of nitrogens with one attached hydrogen (secondary N) is 2. The summed E-state index contributed by atoms with van der Waals surface area (Å²) in [7, 11) is 0. The molecule has 2 N–H and O–H groups in total. The molecule has 3 rings (SSSR count). The molecule has 1 aliphatic carbocycles. The van der Waals surface area contributed by atoms with Crippen LogP contribution in [0.15, 0.2) is 24.3 Å². The van der Waals surface area contributed by atoms with Crippen LogP contribution in [-0.4, -0.2) is 17.7 Å². The van der Waals surface area contributed by atoms with E-state index in [4.69, 9.17) is 17.0 Å². The highest BCUT2D eigenvalue weighted by Gasteiger charge is 2.26. The quantitative estimate of drug-likeness (QED) is 0.303. The maximum absolute atomic E-state index is 12.7. The number of anilines is 1. The van der Waals surface area contributed by atoms with E-state index in [1.54, 1.807) is 11.3 Å². The molecule has 1 aromatic carbocycles. The molecule has 31 heavy (non-hydrogen) atoms. The van der Waals surface area contributed by atoms with E-state index < -0.39 is 0 Å². The number of esters is 1. The summed E-state index contributed by atoms with van der Waals surface area (Å²) in [6.07, 6.45) is 5.43. The Balaban J connectivity index is 1.74. The van der Waals surface area contributed by atoms with Gasteiger partial charge in [0.25, 0.3) is 0 Å². The molecule has 1 aliphatic rings. The molecular formula is C25H34N2O2S2. The maximum atomic E-state index is 12.7. The SMILES string of the molecule is CCOC(=O)c1c(NC(=S)NC(C)c2ccc(C(C)(C)C)cc2)sc2c1CCCCC2. The Bertz CT molecular complexity index is 926. The van der Waals surface area contributed by atoms with E-state index in [9.17, 15) is 4.79 Å². The summed E-state index contributed by atoms with van der Waals surface area (Å²) in [6.45, 7) is 10.9. The van der Waals surface area contributed by atoms with Crippen molar-refractivity contribution in [1.82, 2.24) is 5.32 Å². The molecule has 0 fully saturated rings. The number of carbonyl (C=O) groups is 1. The van der Waals surface area contributed by atoms with Gasteiger partial charge in [0.15, 0.2) is 5.11 Å². The van der Waals surface area contributed by atoms with E-state index in [1.807, 2.05) is 6.92 Å². The molecule has 0 radical (unpaired) electrons. The van der Waals surface area contributed by atoms with Crippen molar-refractivity contribution in [2.75, 3.05) is 11.9 Å². The fourth-order valence-electron chi connectivity index (χ4n) is 3.94. The van der Waals surface area contributed by atoms with Crippen LogP contribution in [0, 0.1) is 0 Å². The Morgan fingerprint density at radius 3 is 2.48 bits per heavy atom. The molecule has 1 aromatic heterocycles. The topological polar surface area (TPSA) is 50.4 Å². The van der Waals surface area contributed by atoms with Crippen molar-refractivity contribution < 1.29 is 9.53 Å². The van der Waals surface area contributed by atoms with Crippen molar-refractivity contribution in [2.45, 2.75) is 78.2 Å². The molecule has 0 spiro atoms. The maximum Gasteiger partial charge on any atom is 0.341 e. The molecule has 0 saturated carbocycles. The standard InChI is InChI=1S/C25H34N2O2S2/c1-6-29-23(28)21-19-10-8-7-9-11-20(19)31-22(21)27-24(30)26-16(2)17-12-14-18(15-13-17)25(3,4)5/h12-16H,6-11H2,1-5H3,(H2,26,27,30). The Kier molecular flexibility index (Phi) is 7.76. The first-order chi connectivity index (χ1) is 14.7. The van der Waals surface area contributed by atoms with Gasteiger partial charge in [0.2, 0.25) is 0 Å². The normalized spacial score (nSPS) is 14.9. The molecular weight excluding hydrogens is 424 g/mol. The zero-order valence-electron chi connectivity index (χ0n) is 19.3. The third-order valence-electron chi connectivity index (χ3n) is 5.75. The lowest BCUT2D eigenvalue weighted by Gasteiger charge is -2.21. The summed E-state index contributed by atoms with van der Waals surface area (Å²) in [4.78, 5) is 14.0. The highest BCUT2D eigenvalue weighted by Crippen LogP contribution is 2.38. The number of hydrogen-bond donors (Lipinski definition) is 2. The van der Waals surface area contributed by atoms with Crippen molar-refractivity contribution in [3.8, 4) is 0 Å². The summed E-state index contributed by atoms with van der Waals surface area (Å²) in [5.74, 6) is -0.252. The monoisotopic (exact) mass is 458 g/mol. The fourth-order valence-corrected chi connectivity index (χ4v) is 5.57. The van der Waals surface area contributed by atoms with E-state index in [1.165, 1.54) is 28.8 Å². The summed E-state index contributed by atoms with van der Waals surface area (Å²) in [5, 5.41) is 8.00. The second-order valence-corrected chi connectivity index (χ2v) is 10.7. The van der Waals surface area contributed by atoms with E-state index >= 15 is 0 Å². The van der Waals surface area contributed by atoms with Crippen LogP contribution in [-0.2, 0) is 23.0 Å². The Morgan fingerprint density at radius 2 is 1.84 bits per heavy atom. The smallest absolute Gasteiger partial charge is 0.341 e. The zero-order valence-corrected chi connectivity index (χ0v) is 20.9. The largest absolute Gasteiger partial charge is 0.462 e. The minimum absolute atomic E-state index is 0.0536. The lowest BCUT2D eigenvalue weighted by Crippen LogP contribution is -2.31. The lowest BCUT2D eigenvalue weighted by atomic mass is 9.86. The van der Waals surface area contributed by atoms with Crippen molar-refractivity contribution in [3.63, 3.8) is 0 Å². The summed E-state index contributed by atoms with van der Waals surface area (Å²) in [5.41, 5.74) is 4.44. The van der Waals surface area contributed by atoms with Crippen molar-refractivity contribution in [3.05, 3.63) is 51.4 Å². The molecule has 1 heterocycles. The summed E-state index contributed by atoms with van der Waals surface area (Å²) in [6, 6.07) is 8.72. The Morgan fingerprint density at radius 1 is 1.16 bits per heavy atom. The predicted molar refractivity (Wildman–Crippen MR) is 134 cm³/mol. The van der Waals surface area contributed by atoms with E-state index in [2.05, 4.69) is 62.6 Å². The van der Waals surface area contributed by atoms with Crippen LogP contribution >= 0.6 is 23.6 Å². The van der Waals surface area contributed by atoms with Gasteiger partial charge in [0.1, 0.15) is 5.00 Å². The van der Waals surface area contributed by atoms with Crippen molar-refractivity contribution in [2.24, 2.45) is 0 Å². The number of ether oxygens (including phenoxy) is 1. The van der Waals surface area contributed by atoms with Crippen LogP contribution in [0.5, 0.6) is 0 Å². The third-order valence-corrected chi connectivity index (χ3v) is 7.18. The number of fused-ring (bicyclic) bond motifs is 1. The van der Waals surface area contributed by atoms with Gasteiger partial charge in [-0.2, -0.15) is 0 Å². The van der Waals surface area contributed by atoms with Crippen molar-refractivity contribution >= 4 is 39.6 Å². The molecule has 4 nitrogen and oxygen atoms in total. The first kappa shape index (κ1) is 23.7. The number of benzene rings is 1.